The third-order valence-electron chi connectivity index (χ3n) is 3.75. The van der Waals surface area contributed by atoms with Crippen LogP contribution in [0.15, 0.2) is 48.5 Å². The van der Waals surface area contributed by atoms with Gasteiger partial charge in [-0.05, 0) is 11.1 Å². The first-order valence-electron chi connectivity index (χ1n) is 7.81. The van der Waals surface area contributed by atoms with Crippen LogP contribution in [0, 0.1) is 20.2 Å². The topological polar surface area (TPSA) is 158 Å². The summed E-state index contributed by atoms with van der Waals surface area (Å²) in [4.78, 5) is 44.1. The molecule has 0 aromatic heterocycles. The van der Waals surface area contributed by atoms with Crippen LogP contribution < -0.4 is 11.1 Å². The number of carbonyl (C=O) groups is 2. The quantitative estimate of drug-likeness (QED) is 0.524. The summed E-state index contributed by atoms with van der Waals surface area (Å²) in [6.07, 6.45) is -0.0975. The number of non-ortho nitro benzene ring substituents is 2. The van der Waals surface area contributed by atoms with E-state index in [1.807, 2.05) is 0 Å². The third-order valence-corrected chi connectivity index (χ3v) is 3.75. The van der Waals surface area contributed by atoms with Crippen LogP contribution in [-0.4, -0.2) is 27.7 Å². The van der Waals surface area contributed by atoms with Crippen LogP contribution in [0.4, 0.5) is 11.4 Å². The van der Waals surface area contributed by atoms with Crippen LogP contribution in [0.25, 0.3) is 0 Å². The number of nitrogens with zero attached hydrogens (tertiary/aromatic N) is 2. The van der Waals surface area contributed by atoms with E-state index in [-0.39, 0.29) is 24.2 Å². The summed E-state index contributed by atoms with van der Waals surface area (Å²) >= 11 is 0. The molecule has 0 radical (unpaired) electrons. The van der Waals surface area contributed by atoms with Crippen molar-refractivity contribution in [3.05, 3.63) is 79.9 Å². The monoisotopic (exact) mass is 372 g/mol. The molecule has 0 saturated carbocycles. The van der Waals surface area contributed by atoms with Crippen molar-refractivity contribution in [1.82, 2.24) is 5.32 Å². The lowest BCUT2D eigenvalue weighted by atomic mass is 10.0. The molecule has 0 aliphatic rings. The molecule has 0 aliphatic carbocycles. The van der Waals surface area contributed by atoms with Crippen LogP contribution in [0.2, 0.25) is 0 Å². The molecule has 2 rings (SSSR count). The van der Waals surface area contributed by atoms with Crippen molar-refractivity contribution in [2.75, 3.05) is 0 Å². The molecule has 0 saturated heterocycles. The Morgan fingerprint density at radius 1 is 0.963 bits per heavy atom. The van der Waals surface area contributed by atoms with E-state index in [1.54, 1.807) is 6.07 Å². The first kappa shape index (κ1) is 19.5. The fraction of sp³-hybridized carbons (Fsp3) is 0.176. The molecule has 10 heteroatoms. The van der Waals surface area contributed by atoms with Crippen molar-refractivity contribution >= 4 is 23.2 Å². The number of nitrogens with one attached hydrogen (secondary N) is 1. The summed E-state index contributed by atoms with van der Waals surface area (Å²) in [5.74, 6) is -1.29. The minimum atomic E-state index is -1.02. The van der Waals surface area contributed by atoms with Gasteiger partial charge in [-0.25, -0.2) is 0 Å². The van der Waals surface area contributed by atoms with Crippen molar-refractivity contribution in [1.29, 1.82) is 0 Å². The van der Waals surface area contributed by atoms with Gasteiger partial charge in [0.1, 0.15) is 6.04 Å². The average Bonchev–Trinajstić information content (AvgIpc) is 2.61. The van der Waals surface area contributed by atoms with E-state index in [0.717, 1.165) is 0 Å². The number of nitro benzene ring substituents is 2. The number of amides is 2. The molecule has 3 N–H and O–H groups in total. The normalized spacial score (nSPS) is 11.4. The summed E-state index contributed by atoms with van der Waals surface area (Å²) in [6.45, 7) is 0. The van der Waals surface area contributed by atoms with Gasteiger partial charge >= 0.3 is 0 Å². The van der Waals surface area contributed by atoms with E-state index < -0.39 is 27.7 Å². The Balaban J connectivity index is 2.03. The number of carbonyl (C=O) groups excluding carboxylic acids is 2. The van der Waals surface area contributed by atoms with Gasteiger partial charge in [-0.2, -0.15) is 0 Å². The highest BCUT2D eigenvalue weighted by molar-refractivity contribution is 5.87. The van der Waals surface area contributed by atoms with Gasteiger partial charge in [0.15, 0.2) is 0 Å². The SMILES string of the molecule is NC(=O)[C@@H](Cc1ccc([N+](=O)[O-])cc1)NC(=O)Cc1cccc([N+](=O)[O-])c1. The van der Waals surface area contributed by atoms with Gasteiger partial charge in [0.25, 0.3) is 11.4 Å². The van der Waals surface area contributed by atoms with Crippen molar-refractivity contribution < 1.29 is 19.4 Å². The molecule has 0 bridgehead atoms. The average molecular weight is 372 g/mol. The van der Waals surface area contributed by atoms with Crippen molar-refractivity contribution in [2.24, 2.45) is 5.73 Å². The molecule has 0 spiro atoms. The van der Waals surface area contributed by atoms with Gasteiger partial charge in [-0.1, -0.05) is 24.3 Å². The minimum absolute atomic E-state index is 0.0635. The molecule has 2 amide bonds. The second kappa shape index (κ2) is 8.52. The number of hydrogen-bond donors (Lipinski definition) is 2. The van der Waals surface area contributed by atoms with E-state index in [2.05, 4.69) is 5.32 Å². The molecule has 0 unspecified atom stereocenters. The fourth-order valence-corrected chi connectivity index (χ4v) is 2.42. The first-order chi connectivity index (χ1) is 12.8. The van der Waals surface area contributed by atoms with Crippen LogP contribution in [-0.2, 0) is 22.4 Å². The van der Waals surface area contributed by atoms with Gasteiger partial charge in [0, 0.05) is 30.7 Å². The molecule has 2 aromatic rings. The number of nitro groups is 2. The molecule has 10 nitrogen and oxygen atoms in total. The summed E-state index contributed by atoms with van der Waals surface area (Å²) in [7, 11) is 0. The molecule has 0 aliphatic heterocycles. The van der Waals surface area contributed by atoms with E-state index in [0.29, 0.717) is 11.1 Å². The molecule has 0 heterocycles. The predicted octanol–water partition coefficient (Wildman–Crippen LogP) is 1.26. The lowest BCUT2D eigenvalue weighted by Gasteiger charge is -2.15. The maximum absolute atomic E-state index is 12.2. The van der Waals surface area contributed by atoms with Crippen LogP contribution in [0.3, 0.4) is 0 Å². The van der Waals surface area contributed by atoms with Gasteiger partial charge in [0.05, 0.1) is 16.3 Å². The Hall–Kier alpha value is -3.82. The number of hydrogen-bond acceptors (Lipinski definition) is 6. The molecule has 1 atom stereocenters. The second-order valence-electron chi connectivity index (χ2n) is 5.75. The second-order valence-corrected chi connectivity index (χ2v) is 5.75. The number of benzene rings is 2. The fourth-order valence-electron chi connectivity index (χ4n) is 2.42. The van der Waals surface area contributed by atoms with Crippen molar-refractivity contribution in [3.63, 3.8) is 0 Å². The molecule has 27 heavy (non-hydrogen) atoms. The van der Waals surface area contributed by atoms with Crippen molar-refractivity contribution in [2.45, 2.75) is 18.9 Å². The van der Waals surface area contributed by atoms with Crippen molar-refractivity contribution in [3.8, 4) is 0 Å². The third kappa shape index (κ3) is 5.59. The summed E-state index contributed by atoms with van der Waals surface area (Å²) in [5, 5.41) is 23.9. The van der Waals surface area contributed by atoms with E-state index >= 15 is 0 Å². The first-order valence-corrected chi connectivity index (χ1v) is 7.81. The molecule has 140 valence electrons. The zero-order chi connectivity index (χ0) is 20.0. The number of rotatable bonds is 8. The van der Waals surface area contributed by atoms with Crippen LogP contribution >= 0.6 is 0 Å². The highest BCUT2D eigenvalue weighted by Gasteiger charge is 2.20. The zero-order valence-electron chi connectivity index (χ0n) is 14.0. The summed E-state index contributed by atoms with van der Waals surface area (Å²) < 4.78 is 0. The van der Waals surface area contributed by atoms with Gasteiger partial charge in [-0.3, -0.25) is 29.8 Å². The van der Waals surface area contributed by atoms with E-state index in [9.17, 15) is 29.8 Å². The Labute approximate surface area is 153 Å². The molecule has 2 aromatic carbocycles. The summed E-state index contributed by atoms with van der Waals surface area (Å²) in [6, 6.07) is 10.1. The molecule has 0 fully saturated rings. The van der Waals surface area contributed by atoms with Crippen LogP contribution in [0.1, 0.15) is 11.1 Å². The maximum Gasteiger partial charge on any atom is 0.269 e. The smallest absolute Gasteiger partial charge is 0.269 e. The standard InChI is InChI=1S/C17H16N4O6/c18-17(23)15(9-11-4-6-13(7-5-11)20(24)25)19-16(22)10-12-2-1-3-14(8-12)21(26)27/h1-8,15H,9-10H2,(H2,18,23)(H,19,22)/t15-/m1/s1. The van der Waals surface area contributed by atoms with Gasteiger partial charge in [-0.15, -0.1) is 0 Å². The van der Waals surface area contributed by atoms with Gasteiger partial charge < -0.3 is 11.1 Å². The lowest BCUT2D eigenvalue weighted by Crippen LogP contribution is -2.46. The highest BCUT2D eigenvalue weighted by atomic mass is 16.6. The lowest BCUT2D eigenvalue weighted by molar-refractivity contribution is -0.385. The Bertz CT molecular complexity index is 881. The number of nitrogens with two attached hydrogens (primary N) is 1. The highest BCUT2D eigenvalue weighted by Crippen LogP contribution is 2.15. The minimum Gasteiger partial charge on any atom is -0.368 e. The Morgan fingerprint density at radius 3 is 2.15 bits per heavy atom. The molecular weight excluding hydrogens is 356 g/mol. The largest absolute Gasteiger partial charge is 0.368 e. The predicted molar refractivity (Wildman–Crippen MR) is 94.7 cm³/mol. The summed E-state index contributed by atoms with van der Waals surface area (Å²) in [5.41, 5.74) is 6.08. The Morgan fingerprint density at radius 2 is 1.59 bits per heavy atom. The van der Waals surface area contributed by atoms with E-state index in [1.165, 1.54) is 42.5 Å². The zero-order valence-corrected chi connectivity index (χ0v) is 14.0. The van der Waals surface area contributed by atoms with Gasteiger partial charge in [0.2, 0.25) is 11.8 Å². The van der Waals surface area contributed by atoms with Crippen LogP contribution in [0.5, 0.6) is 0 Å². The maximum atomic E-state index is 12.2. The Kier molecular flexibility index (Phi) is 6.15. The molecular formula is C17H16N4O6. The number of primary amides is 1. The van der Waals surface area contributed by atoms with E-state index in [4.69, 9.17) is 5.73 Å².